The van der Waals surface area contributed by atoms with Crippen LogP contribution in [0.2, 0.25) is 0 Å². The van der Waals surface area contributed by atoms with Gasteiger partial charge in [0.05, 0.1) is 11.4 Å². The molecule has 2 heterocycles. The predicted octanol–water partition coefficient (Wildman–Crippen LogP) is 11.4. The zero-order valence-corrected chi connectivity index (χ0v) is 39.8. The molecule has 0 aliphatic heterocycles. The molecule has 0 aromatic carbocycles. The average Bonchev–Trinajstić information content (AvgIpc) is 3.65. The number of carbonyl (C=O) groups excluding carboxylic acids is 1. The Morgan fingerprint density at radius 1 is 0.836 bits per heavy atom. The first-order valence-electron chi connectivity index (χ1n) is 24.9. The summed E-state index contributed by atoms with van der Waals surface area (Å²) in [4.78, 5) is 26.9. The molecule has 4 aliphatic rings. The van der Waals surface area contributed by atoms with Gasteiger partial charge in [-0.3, -0.25) is 24.6 Å². The number of carbonyl (C=O) groups is 1. The highest BCUT2D eigenvalue weighted by Crippen LogP contribution is 2.70. The van der Waals surface area contributed by atoms with Crippen molar-refractivity contribution in [2.75, 3.05) is 51.3 Å². The molecule has 6 rings (SSSR count). The van der Waals surface area contributed by atoms with Crippen molar-refractivity contribution < 1.29 is 4.79 Å². The fourth-order valence-corrected chi connectivity index (χ4v) is 13.3. The molecule has 4 fully saturated rings. The highest BCUT2D eigenvalue weighted by molar-refractivity contribution is 5.78. The van der Waals surface area contributed by atoms with Gasteiger partial charge < -0.3 is 16.4 Å². The quantitative estimate of drug-likeness (QED) is 0.0899. The molecule has 8 heteroatoms. The number of allylic oxidation sites excluding steroid dienone is 1. The zero-order valence-electron chi connectivity index (χ0n) is 39.8. The van der Waals surface area contributed by atoms with E-state index in [1.165, 1.54) is 77.0 Å². The third kappa shape index (κ3) is 12.6. The van der Waals surface area contributed by atoms with Gasteiger partial charge in [0, 0.05) is 81.6 Å². The van der Waals surface area contributed by atoms with E-state index in [1.54, 1.807) is 6.20 Å². The summed E-state index contributed by atoms with van der Waals surface area (Å²) in [5.41, 5.74) is 11.8. The maximum Gasteiger partial charge on any atom is 0.133 e. The van der Waals surface area contributed by atoms with E-state index in [1.807, 2.05) is 18.3 Å². The first kappa shape index (κ1) is 47.5. The van der Waals surface area contributed by atoms with E-state index < -0.39 is 0 Å². The van der Waals surface area contributed by atoms with Crippen LogP contribution in [-0.2, 0) is 17.9 Å². The van der Waals surface area contributed by atoms with Crippen LogP contribution < -0.4 is 16.4 Å². The van der Waals surface area contributed by atoms with Gasteiger partial charge in [-0.05, 0) is 174 Å². The van der Waals surface area contributed by atoms with Crippen LogP contribution in [0.3, 0.4) is 0 Å². The minimum atomic E-state index is 0.447. The molecule has 4 aliphatic carbocycles. The number of unbranched alkanes of at least 4 members (excludes halogenated alkanes) is 1. The van der Waals surface area contributed by atoms with E-state index in [4.69, 9.17) is 5.73 Å². The fraction of sp³-hybridized carbons (Fsp3) is 0.755. The number of hydrogen-bond acceptors (Lipinski definition) is 8. The molecule has 0 bridgehead atoms. The van der Waals surface area contributed by atoms with Gasteiger partial charge in [-0.1, -0.05) is 60.5 Å². The smallest absolute Gasteiger partial charge is 0.133 e. The van der Waals surface area contributed by atoms with Crippen molar-refractivity contribution in [3.8, 4) is 0 Å². The molecular formula is C53H87N7O. The van der Waals surface area contributed by atoms with Crippen LogP contribution in [0.4, 0.5) is 11.4 Å². The second-order valence-electron chi connectivity index (χ2n) is 21.8. The van der Waals surface area contributed by atoms with E-state index in [-0.39, 0.29) is 0 Å². The average molecular weight is 838 g/mol. The molecule has 8 nitrogen and oxygen atoms in total. The lowest BCUT2D eigenvalue weighted by atomic mass is 9.39. The van der Waals surface area contributed by atoms with Crippen molar-refractivity contribution in [2.45, 2.75) is 157 Å². The minimum Gasteiger partial charge on any atom is -0.399 e. The van der Waals surface area contributed by atoms with Crippen LogP contribution >= 0.6 is 0 Å². The van der Waals surface area contributed by atoms with Crippen LogP contribution in [0.25, 0.3) is 0 Å². The molecular weight excluding hydrogens is 751 g/mol. The van der Waals surface area contributed by atoms with Gasteiger partial charge in [0.15, 0.2) is 0 Å². The number of nitrogens with two attached hydrogens (primary N) is 1. The van der Waals surface area contributed by atoms with Gasteiger partial charge in [-0.2, -0.15) is 0 Å². The van der Waals surface area contributed by atoms with E-state index >= 15 is 0 Å². The Morgan fingerprint density at radius 2 is 1.54 bits per heavy atom. The van der Waals surface area contributed by atoms with Crippen LogP contribution in [0.1, 0.15) is 155 Å². The summed E-state index contributed by atoms with van der Waals surface area (Å²) in [5.74, 6) is 7.42. The van der Waals surface area contributed by atoms with Gasteiger partial charge in [0.25, 0.3) is 0 Å². The summed E-state index contributed by atoms with van der Waals surface area (Å²) in [7, 11) is 4.26. The molecule has 0 spiro atoms. The lowest BCUT2D eigenvalue weighted by Gasteiger charge is -2.65. The number of anilines is 2. The summed E-state index contributed by atoms with van der Waals surface area (Å²) in [5, 5.41) is 7.10. The van der Waals surface area contributed by atoms with Gasteiger partial charge in [-0.25, -0.2) is 0 Å². The lowest BCUT2D eigenvalue weighted by molar-refractivity contribution is -0.164. The maximum atomic E-state index is 13.3. The molecule has 340 valence electrons. The largest absolute Gasteiger partial charge is 0.399 e. The Morgan fingerprint density at radius 3 is 2.28 bits per heavy atom. The van der Waals surface area contributed by atoms with Gasteiger partial charge in [-0.15, -0.1) is 0 Å². The van der Waals surface area contributed by atoms with Crippen LogP contribution in [0.15, 0.2) is 48.9 Å². The van der Waals surface area contributed by atoms with Gasteiger partial charge in [0.2, 0.25) is 0 Å². The van der Waals surface area contributed by atoms with E-state index in [2.05, 4.69) is 97.8 Å². The normalized spacial score (nSPS) is 29.0. The molecule has 2 aromatic rings. The molecule has 2 aromatic heterocycles. The van der Waals surface area contributed by atoms with Crippen molar-refractivity contribution in [2.24, 2.45) is 58.2 Å². The van der Waals surface area contributed by atoms with Crippen molar-refractivity contribution in [1.29, 1.82) is 0 Å². The molecule has 9 atom stereocenters. The van der Waals surface area contributed by atoms with Gasteiger partial charge in [0.1, 0.15) is 5.78 Å². The molecule has 0 radical (unpaired) electrons. The van der Waals surface area contributed by atoms with Gasteiger partial charge >= 0.3 is 0 Å². The van der Waals surface area contributed by atoms with Crippen LogP contribution in [0, 0.1) is 58.2 Å². The number of Topliss-reactive ketones (excluding diaryl/α,β-unsaturated/α-hetero) is 1. The third-order valence-corrected chi connectivity index (χ3v) is 17.1. The number of aromatic nitrogens is 2. The number of nitrogens with zero attached hydrogens (tertiary/aromatic N) is 4. The highest BCUT2D eigenvalue weighted by atomic mass is 16.1. The molecule has 4 saturated carbocycles. The minimum absolute atomic E-state index is 0.447. The Labute approximate surface area is 372 Å². The Hall–Kier alpha value is -2.97. The number of rotatable bonds is 24. The number of likely N-dealkylation sites (N-methyl/N-ethyl adjacent to an activating group) is 2. The SMILES string of the molecule is C=C(CCC(=O)CC1CCC2(C)C(CCC3[C@@H]4CC[C@H]([C@H](C)CCCC(C)C)C4CC[C@@]32C)C1)NCCCCNc1ccnc(CN(C)CCN(C)Cc2cc(N)ccn2)c1. The molecule has 61 heavy (non-hydrogen) atoms. The lowest BCUT2D eigenvalue weighted by Crippen LogP contribution is -2.58. The molecule has 0 amide bonds. The molecule has 4 N–H and O–H groups in total. The Kier molecular flexibility index (Phi) is 17.2. The number of nitrogen functional groups attached to an aromatic ring is 1. The van der Waals surface area contributed by atoms with E-state index in [0.29, 0.717) is 29.0 Å². The fourth-order valence-electron chi connectivity index (χ4n) is 13.3. The van der Waals surface area contributed by atoms with E-state index in [9.17, 15) is 4.79 Å². The van der Waals surface area contributed by atoms with Crippen molar-refractivity contribution in [1.82, 2.24) is 25.1 Å². The standard InChI is InChI=1S/C53H87N7O/c1-38(2)12-11-13-39(3)48-17-18-50-49(48)21-25-53(6)51(50)19-15-42-32-41(20-24-52(42,53)5)33-47(61)16-14-40(4)55-26-9-10-27-56-44-23-29-58-46(35-44)37-60(8)31-30-59(7)36-45-34-43(54)22-28-57-45/h22-23,28-29,34-35,38-39,41-42,48-51,55H,4,9-21,24-27,30-33,36-37H2,1-3,5-8H3,(H2,54,57)(H,56,58)/t39-,41?,42?,48-,49?,50-,51?,52?,53+/m1/s1. The summed E-state index contributed by atoms with van der Waals surface area (Å²) >= 11 is 0. The zero-order chi connectivity index (χ0) is 43.6. The summed E-state index contributed by atoms with van der Waals surface area (Å²) in [6.07, 6.45) is 24.8. The van der Waals surface area contributed by atoms with Crippen molar-refractivity contribution in [3.05, 3.63) is 60.3 Å². The van der Waals surface area contributed by atoms with Crippen molar-refractivity contribution in [3.63, 3.8) is 0 Å². The van der Waals surface area contributed by atoms with E-state index in [0.717, 1.165) is 135 Å². The Balaban J connectivity index is 0.826. The topological polar surface area (TPSA) is 99.4 Å². The second kappa shape index (κ2) is 22.1. The van der Waals surface area contributed by atoms with Crippen molar-refractivity contribution >= 4 is 17.2 Å². The Bertz CT molecular complexity index is 1700. The van der Waals surface area contributed by atoms with Crippen LogP contribution in [0.5, 0.6) is 0 Å². The number of nitrogens with one attached hydrogen (secondary N) is 2. The number of hydrogen-bond donors (Lipinski definition) is 3. The second-order valence-corrected chi connectivity index (χ2v) is 21.8. The van der Waals surface area contributed by atoms with Crippen LogP contribution in [-0.4, -0.2) is 65.8 Å². The highest BCUT2D eigenvalue weighted by Gasteiger charge is 2.62. The number of pyridine rings is 2. The molecule has 0 saturated heterocycles. The summed E-state index contributed by atoms with van der Waals surface area (Å²) < 4.78 is 0. The number of ketones is 1. The predicted molar refractivity (Wildman–Crippen MR) is 256 cm³/mol. The summed E-state index contributed by atoms with van der Waals surface area (Å²) in [6, 6.07) is 7.98. The number of fused-ring (bicyclic) bond motifs is 5. The maximum absolute atomic E-state index is 13.3. The first-order chi connectivity index (χ1) is 29.2. The third-order valence-electron chi connectivity index (χ3n) is 17.1. The first-order valence-corrected chi connectivity index (χ1v) is 24.9. The molecule has 5 unspecified atom stereocenters. The summed E-state index contributed by atoms with van der Waals surface area (Å²) in [6.45, 7) is 22.3. The monoisotopic (exact) mass is 838 g/mol.